The zero-order valence-corrected chi connectivity index (χ0v) is 27.6. The van der Waals surface area contributed by atoms with Crippen LogP contribution in [0.4, 0.5) is 4.79 Å². The quantitative estimate of drug-likeness (QED) is 0.205. The van der Waals surface area contributed by atoms with E-state index in [1.807, 2.05) is 36.4 Å². The van der Waals surface area contributed by atoms with Crippen molar-refractivity contribution >= 4 is 23.9 Å². The first-order valence-electron chi connectivity index (χ1n) is 17.1. The van der Waals surface area contributed by atoms with Gasteiger partial charge in [-0.2, -0.15) is 0 Å². The number of hydrogen-bond donors (Lipinski definition) is 2. The predicted octanol–water partition coefficient (Wildman–Crippen LogP) is 4.96. The zero-order valence-electron chi connectivity index (χ0n) is 27.6. The Morgan fingerprint density at radius 1 is 0.875 bits per heavy atom. The molecule has 10 heteroatoms. The first-order valence-corrected chi connectivity index (χ1v) is 17.1. The van der Waals surface area contributed by atoms with E-state index in [-0.39, 0.29) is 62.5 Å². The molecular formula is C38H47N3O7. The lowest BCUT2D eigenvalue weighted by Gasteiger charge is -2.30. The summed E-state index contributed by atoms with van der Waals surface area (Å²) >= 11 is 0. The van der Waals surface area contributed by atoms with Crippen molar-refractivity contribution in [3.63, 3.8) is 0 Å². The topological polar surface area (TPSA) is 125 Å². The minimum Gasteiger partial charge on any atom is -0.462 e. The van der Waals surface area contributed by atoms with Gasteiger partial charge in [-0.25, -0.2) is 9.59 Å². The summed E-state index contributed by atoms with van der Waals surface area (Å²) in [6.07, 6.45) is 6.75. The Kier molecular flexibility index (Phi) is 12.1. The van der Waals surface area contributed by atoms with E-state index in [1.54, 1.807) is 22.0 Å². The number of nitrogens with one attached hydrogen (secondary N) is 1. The van der Waals surface area contributed by atoms with Gasteiger partial charge in [-0.1, -0.05) is 60.7 Å². The lowest BCUT2D eigenvalue weighted by Crippen LogP contribution is -2.46. The van der Waals surface area contributed by atoms with Gasteiger partial charge >= 0.3 is 12.1 Å². The Balaban J connectivity index is 1.16. The van der Waals surface area contributed by atoms with E-state index in [1.165, 1.54) is 0 Å². The minimum atomic E-state index is -0.949. The second-order valence-electron chi connectivity index (χ2n) is 12.8. The van der Waals surface area contributed by atoms with Gasteiger partial charge in [0.2, 0.25) is 11.8 Å². The maximum atomic E-state index is 13.7. The van der Waals surface area contributed by atoms with Crippen molar-refractivity contribution in [2.75, 3.05) is 32.9 Å². The number of rotatable bonds is 15. The summed E-state index contributed by atoms with van der Waals surface area (Å²) in [6, 6.07) is 14.7. The number of fused-ring (bicyclic) bond motifs is 3. The van der Waals surface area contributed by atoms with Crippen LogP contribution in [0.5, 0.6) is 0 Å². The Morgan fingerprint density at radius 3 is 2.17 bits per heavy atom. The standard InChI is InChI=1S/C38H47N3O7/c1-3-5-19-34(39-38(46)48-25-33-31-17-8-6-15-29(31)30-16-7-9-18-32(30)33)37(45)47-24-28-14-11-21-41(28)36(44)26(12-4-2)22-35(43)40-20-10-13-27(40)23-42/h3-4,6-9,15-18,26-28,33-34,42H,1-2,5,10-14,19-25H2,(H,39,46)/t26-,27-,28-,34-/m0/s1. The normalized spacial score (nSPS) is 19.6. The monoisotopic (exact) mass is 657 g/mol. The van der Waals surface area contributed by atoms with E-state index >= 15 is 0 Å². The lowest BCUT2D eigenvalue weighted by atomic mass is 9.98. The van der Waals surface area contributed by atoms with Gasteiger partial charge in [-0.05, 0) is 67.2 Å². The molecule has 2 fully saturated rings. The fourth-order valence-electron chi connectivity index (χ4n) is 7.28. The summed E-state index contributed by atoms with van der Waals surface area (Å²) in [7, 11) is 0. The van der Waals surface area contributed by atoms with Gasteiger partial charge in [0.25, 0.3) is 0 Å². The van der Waals surface area contributed by atoms with Crippen molar-refractivity contribution in [3.8, 4) is 11.1 Å². The van der Waals surface area contributed by atoms with Crippen molar-refractivity contribution < 1.29 is 33.8 Å². The number of likely N-dealkylation sites (tertiary alicyclic amines) is 2. The second-order valence-corrected chi connectivity index (χ2v) is 12.8. The van der Waals surface area contributed by atoms with Crippen molar-refractivity contribution in [3.05, 3.63) is 85.0 Å². The molecule has 2 N–H and O–H groups in total. The molecule has 0 saturated carbocycles. The molecule has 48 heavy (non-hydrogen) atoms. The van der Waals surface area contributed by atoms with Crippen molar-refractivity contribution in [2.45, 2.75) is 75.4 Å². The van der Waals surface area contributed by atoms with Crippen molar-refractivity contribution in [2.24, 2.45) is 5.92 Å². The summed E-state index contributed by atoms with van der Waals surface area (Å²) in [4.78, 5) is 56.4. The van der Waals surface area contributed by atoms with Crippen LogP contribution in [0.3, 0.4) is 0 Å². The molecule has 1 aliphatic carbocycles. The molecule has 256 valence electrons. The second kappa shape index (κ2) is 16.6. The third kappa shape index (κ3) is 7.98. The number of carbonyl (C=O) groups excluding carboxylic acids is 4. The number of esters is 1. The van der Waals surface area contributed by atoms with E-state index in [0.717, 1.165) is 41.5 Å². The third-order valence-electron chi connectivity index (χ3n) is 9.79. The molecule has 2 saturated heterocycles. The maximum Gasteiger partial charge on any atom is 0.407 e. The van der Waals surface area contributed by atoms with Crippen LogP contribution in [0.15, 0.2) is 73.8 Å². The minimum absolute atomic E-state index is 0.0188. The maximum absolute atomic E-state index is 13.7. The number of allylic oxidation sites excluding steroid dienone is 2. The fourth-order valence-corrected chi connectivity index (χ4v) is 7.28. The van der Waals surface area contributed by atoms with Gasteiger partial charge in [0.15, 0.2) is 0 Å². The number of aliphatic hydroxyl groups excluding tert-OH is 1. The molecule has 2 heterocycles. The molecule has 2 aromatic rings. The van der Waals surface area contributed by atoms with Gasteiger partial charge in [0, 0.05) is 25.4 Å². The van der Waals surface area contributed by atoms with E-state index in [4.69, 9.17) is 9.47 Å². The number of alkyl carbamates (subject to hydrolysis) is 1. The van der Waals surface area contributed by atoms with Gasteiger partial charge < -0.3 is 29.7 Å². The van der Waals surface area contributed by atoms with E-state index in [0.29, 0.717) is 32.4 Å². The summed E-state index contributed by atoms with van der Waals surface area (Å²) < 4.78 is 11.4. The van der Waals surface area contributed by atoms with Gasteiger partial charge in [-0.15, -0.1) is 13.2 Å². The fraction of sp³-hybridized carbons (Fsp3) is 0.474. The Bertz CT molecular complexity index is 1450. The highest BCUT2D eigenvalue weighted by atomic mass is 16.6. The molecular weight excluding hydrogens is 610 g/mol. The number of nitrogens with zero attached hydrogens (tertiary/aromatic N) is 2. The predicted molar refractivity (Wildman–Crippen MR) is 182 cm³/mol. The van der Waals surface area contributed by atoms with Crippen LogP contribution in [0.1, 0.15) is 68.4 Å². The highest BCUT2D eigenvalue weighted by Crippen LogP contribution is 2.44. The number of amides is 3. The summed E-state index contributed by atoms with van der Waals surface area (Å²) in [6.45, 7) is 8.63. The number of benzene rings is 2. The lowest BCUT2D eigenvalue weighted by molar-refractivity contribution is -0.151. The van der Waals surface area contributed by atoms with E-state index in [2.05, 4.69) is 30.6 Å². The molecule has 4 atom stereocenters. The molecule has 0 bridgehead atoms. The summed E-state index contributed by atoms with van der Waals surface area (Å²) in [5, 5.41) is 12.3. The highest BCUT2D eigenvalue weighted by molar-refractivity contribution is 5.87. The van der Waals surface area contributed by atoms with Crippen LogP contribution in [0.2, 0.25) is 0 Å². The molecule has 2 aliphatic heterocycles. The smallest absolute Gasteiger partial charge is 0.407 e. The van der Waals surface area contributed by atoms with Crippen molar-refractivity contribution in [1.82, 2.24) is 15.1 Å². The molecule has 0 aromatic heterocycles. The summed E-state index contributed by atoms with van der Waals surface area (Å²) in [5.74, 6) is -1.60. The average Bonchev–Trinajstić information content (AvgIpc) is 3.85. The number of hydrogen-bond acceptors (Lipinski definition) is 7. The van der Waals surface area contributed by atoms with Crippen LogP contribution in [0, 0.1) is 5.92 Å². The number of ether oxygens (including phenoxy) is 2. The Hall–Kier alpha value is -4.44. The van der Waals surface area contributed by atoms with Gasteiger partial charge in [-0.3, -0.25) is 9.59 Å². The molecule has 10 nitrogen and oxygen atoms in total. The van der Waals surface area contributed by atoms with Crippen LogP contribution >= 0.6 is 0 Å². The van der Waals surface area contributed by atoms with Crippen LogP contribution in [-0.2, 0) is 23.9 Å². The Morgan fingerprint density at radius 2 is 1.52 bits per heavy atom. The Labute approximate surface area is 282 Å². The zero-order chi connectivity index (χ0) is 34.0. The molecule has 5 rings (SSSR count). The van der Waals surface area contributed by atoms with Crippen molar-refractivity contribution in [1.29, 1.82) is 0 Å². The van der Waals surface area contributed by atoms with Crippen LogP contribution in [0.25, 0.3) is 11.1 Å². The first-order chi connectivity index (χ1) is 23.4. The molecule has 0 spiro atoms. The molecule has 3 amide bonds. The molecule has 0 unspecified atom stereocenters. The summed E-state index contributed by atoms with van der Waals surface area (Å²) in [5.41, 5.74) is 4.43. The van der Waals surface area contributed by atoms with Crippen LogP contribution < -0.4 is 5.32 Å². The molecule has 0 radical (unpaired) electrons. The number of carbonyl (C=O) groups is 4. The highest BCUT2D eigenvalue weighted by Gasteiger charge is 2.37. The van der Waals surface area contributed by atoms with E-state index in [9.17, 15) is 24.3 Å². The largest absolute Gasteiger partial charge is 0.462 e. The van der Waals surface area contributed by atoms with E-state index < -0.39 is 24.0 Å². The average molecular weight is 658 g/mol. The van der Waals surface area contributed by atoms with Crippen LogP contribution in [-0.4, -0.2) is 89.8 Å². The third-order valence-corrected chi connectivity index (χ3v) is 9.79. The molecule has 3 aliphatic rings. The first kappa shape index (κ1) is 34.9. The number of aliphatic hydroxyl groups is 1. The SMILES string of the molecule is C=CCC[C@H](NC(=O)OCC1c2ccccc2-c2ccccc21)C(=O)OC[C@@H]1CCCN1C(=O)[C@@H](CC=C)CC(=O)N1CCC[C@H]1CO. The molecule has 2 aromatic carbocycles. The van der Waals surface area contributed by atoms with Gasteiger partial charge in [0.1, 0.15) is 19.3 Å². The van der Waals surface area contributed by atoms with Gasteiger partial charge in [0.05, 0.1) is 24.6 Å².